The van der Waals surface area contributed by atoms with Crippen LogP contribution in [0.15, 0.2) is 51.3 Å². The van der Waals surface area contributed by atoms with Crippen molar-refractivity contribution >= 4 is 40.0 Å². The molecule has 170 valence electrons. The summed E-state index contributed by atoms with van der Waals surface area (Å²) in [6.07, 6.45) is 1.78. The molecule has 2 heterocycles. The summed E-state index contributed by atoms with van der Waals surface area (Å²) in [4.78, 5) is 26.5. The Morgan fingerprint density at radius 2 is 2.21 bits per heavy atom. The Morgan fingerprint density at radius 1 is 1.39 bits per heavy atom. The third kappa shape index (κ3) is 4.51. The van der Waals surface area contributed by atoms with Crippen LogP contribution in [-0.4, -0.2) is 34.3 Å². The first kappa shape index (κ1) is 23.0. The van der Waals surface area contributed by atoms with E-state index in [4.69, 9.17) is 10.5 Å². The van der Waals surface area contributed by atoms with E-state index in [9.17, 15) is 14.9 Å². The third-order valence-electron chi connectivity index (χ3n) is 5.49. The number of nitrogens with zero attached hydrogens (tertiary/aromatic N) is 4. The minimum Gasteiger partial charge on any atom is -0.465 e. The zero-order valence-corrected chi connectivity index (χ0v) is 20.0. The number of hydrogen-bond donors (Lipinski definition) is 1. The molecule has 0 saturated heterocycles. The molecular formula is C23H23N5O3S2. The van der Waals surface area contributed by atoms with E-state index < -0.39 is 5.92 Å². The SMILES string of the molecule is CCOC(=O)CSc1nnc(N2C(N)=C(C#N)C(c3cccc(C)c3)C3=C2CCCC3=O)s1. The highest BCUT2D eigenvalue weighted by Crippen LogP contribution is 2.47. The predicted octanol–water partition coefficient (Wildman–Crippen LogP) is 3.81. The van der Waals surface area contributed by atoms with Gasteiger partial charge in [-0.05, 0) is 32.3 Å². The van der Waals surface area contributed by atoms with Gasteiger partial charge in [0.25, 0.3) is 0 Å². The zero-order chi connectivity index (χ0) is 23.5. The van der Waals surface area contributed by atoms with E-state index in [1.165, 1.54) is 23.1 Å². The van der Waals surface area contributed by atoms with Crippen molar-refractivity contribution < 1.29 is 14.3 Å². The molecule has 1 aliphatic heterocycles. The number of benzene rings is 1. The zero-order valence-electron chi connectivity index (χ0n) is 18.3. The van der Waals surface area contributed by atoms with Crippen molar-refractivity contribution in [2.45, 2.75) is 43.4 Å². The van der Waals surface area contributed by atoms with Crippen LogP contribution in [0.3, 0.4) is 0 Å². The molecule has 2 aromatic rings. The second kappa shape index (κ2) is 9.77. The van der Waals surface area contributed by atoms with Gasteiger partial charge in [-0.3, -0.25) is 14.5 Å². The number of nitrogens with two attached hydrogens (primary N) is 1. The van der Waals surface area contributed by atoms with Crippen LogP contribution in [0.2, 0.25) is 0 Å². The molecule has 0 amide bonds. The summed E-state index contributed by atoms with van der Waals surface area (Å²) in [6.45, 7) is 4.05. The van der Waals surface area contributed by atoms with Gasteiger partial charge < -0.3 is 10.5 Å². The van der Waals surface area contributed by atoms with Crippen LogP contribution < -0.4 is 10.6 Å². The highest BCUT2D eigenvalue weighted by molar-refractivity contribution is 8.01. The number of hydrogen-bond acceptors (Lipinski definition) is 10. The number of ketones is 1. The van der Waals surface area contributed by atoms with Crippen LogP contribution in [0.5, 0.6) is 0 Å². The van der Waals surface area contributed by atoms with Crippen LogP contribution >= 0.6 is 23.1 Å². The minimum absolute atomic E-state index is 0.0226. The van der Waals surface area contributed by atoms with Crippen LogP contribution in [0.4, 0.5) is 5.13 Å². The molecule has 0 radical (unpaired) electrons. The van der Waals surface area contributed by atoms with Gasteiger partial charge in [-0.1, -0.05) is 52.9 Å². The molecular weight excluding hydrogens is 458 g/mol. The Bertz CT molecular complexity index is 1210. The van der Waals surface area contributed by atoms with E-state index >= 15 is 0 Å². The van der Waals surface area contributed by atoms with Gasteiger partial charge in [-0.25, -0.2) is 0 Å². The first-order chi connectivity index (χ1) is 15.9. The number of aromatic nitrogens is 2. The van der Waals surface area contributed by atoms with E-state index in [0.29, 0.717) is 46.5 Å². The first-order valence-electron chi connectivity index (χ1n) is 10.6. The molecule has 10 heteroatoms. The molecule has 0 saturated carbocycles. The number of carbonyl (C=O) groups excluding carboxylic acids is 2. The molecule has 1 aromatic carbocycles. The topological polar surface area (TPSA) is 122 Å². The summed E-state index contributed by atoms with van der Waals surface area (Å²) in [5.41, 5.74) is 10.2. The summed E-state index contributed by atoms with van der Waals surface area (Å²) >= 11 is 2.49. The fourth-order valence-electron chi connectivity index (χ4n) is 4.16. The van der Waals surface area contributed by atoms with Gasteiger partial charge in [0.05, 0.1) is 29.9 Å². The summed E-state index contributed by atoms with van der Waals surface area (Å²) < 4.78 is 5.53. The van der Waals surface area contributed by atoms with E-state index in [-0.39, 0.29) is 23.3 Å². The number of Topliss-reactive ketones (excluding diaryl/α,β-unsaturated/α-hetero) is 1. The van der Waals surface area contributed by atoms with E-state index in [1.54, 1.807) is 11.8 Å². The molecule has 4 rings (SSSR count). The highest BCUT2D eigenvalue weighted by Gasteiger charge is 2.41. The normalized spacial score (nSPS) is 18.3. The number of carbonyl (C=O) groups is 2. The first-order valence-corrected chi connectivity index (χ1v) is 12.4. The number of nitriles is 1. The highest BCUT2D eigenvalue weighted by atomic mass is 32.2. The second-order valence-corrected chi connectivity index (χ2v) is 9.85. The average Bonchev–Trinajstić information content (AvgIpc) is 3.26. The molecule has 2 aliphatic rings. The van der Waals surface area contributed by atoms with Crippen molar-refractivity contribution in [3.63, 3.8) is 0 Å². The van der Waals surface area contributed by atoms with Crippen molar-refractivity contribution in [2.75, 3.05) is 17.3 Å². The van der Waals surface area contributed by atoms with Gasteiger partial charge in [0.1, 0.15) is 5.82 Å². The Kier molecular flexibility index (Phi) is 6.81. The smallest absolute Gasteiger partial charge is 0.316 e. The summed E-state index contributed by atoms with van der Waals surface area (Å²) in [7, 11) is 0. The standard InChI is InChI=1S/C23H23N5O3S2/c1-3-31-18(30)12-32-23-27-26-22(33-23)28-16-8-5-9-17(29)20(16)19(15(11-24)21(28)25)14-7-4-6-13(2)10-14/h4,6-7,10,19H,3,5,8-9,12,25H2,1-2H3. The maximum atomic E-state index is 13.1. The Hall–Kier alpha value is -3.16. The van der Waals surface area contributed by atoms with Crippen molar-refractivity contribution in [3.8, 4) is 6.07 Å². The molecule has 1 atom stereocenters. The van der Waals surface area contributed by atoms with Gasteiger partial charge in [-0.2, -0.15) is 5.26 Å². The fourth-order valence-corrected chi connectivity index (χ4v) is 5.84. The quantitative estimate of drug-likeness (QED) is 0.485. The third-order valence-corrected chi connectivity index (χ3v) is 7.51. The number of thioether (sulfide) groups is 1. The van der Waals surface area contributed by atoms with Gasteiger partial charge in [0, 0.05) is 17.7 Å². The van der Waals surface area contributed by atoms with Gasteiger partial charge >= 0.3 is 5.97 Å². The lowest BCUT2D eigenvalue weighted by atomic mass is 9.75. The summed E-state index contributed by atoms with van der Waals surface area (Å²) in [6, 6.07) is 10.1. The maximum absolute atomic E-state index is 13.1. The Labute approximate surface area is 200 Å². The molecule has 0 bridgehead atoms. The van der Waals surface area contributed by atoms with Crippen molar-refractivity contribution in [1.82, 2.24) is 10.2 Å². The minimum atomic E-state index is -0.500. The Morgan fingerprint density at radius 3 is 2.94 bits per heavy atom. The molecule has 1 unspecified atom stereocenters. The van der Waals surface area contributed by atoms with Gasteiger partial charge in [0.15, 0.2) is 10.1 Å². The molecule has 33 heavy (non-hydrogen) atoms. The lowest BCUT2D eigenvalue weighted by Crippen LogP contribution is -2.38. The van der Waals surface area contributed by atoms with E-state index in [1.807, 2.05) is 31.2 Å². The summed E-state index contributed by atoms with van der Waals surface area (Å²) in [5.74, 6) is -0.421. The van der Waals surface area contributed by atoms with Crippen molar-refractivity contribution in [2.24, 2.45) is 5.73 Å². The molecule has 2 N–H and O–H groups in total. The number of ether oxygens (including phenoxy) is 1. The summed E-state index contributed by atoms with van der Waals surface area (Å²) in [5, 5.41) is 19.0. The maximum Gasteiger partial charge on any atom is 0.316 e. The number of aryl methyl sites for hydroxylation is 1. The Balaban J connectivity index is 1.76. The molecule has 0 fully saturated rings. The molecule has 1 aromatic heterocycles. The molecule has 8 nitrogen and oxygen atoms in total. The second-order valence-electron chi connectivity index (χ2n) is 7.67. The van der Waals surface area contributed by atoms with Crippen molar-refractivity contribution in [1.29, 1.82) is 5.26 Å². The largest absolute Gasteiger partial charge is 0.465 e. The number of esters is 1. The van der Waals surface area contributed by atoms with Crippen LogP contribution in [0.25, 0.3) is 0 Å². The van der Waals surface area contributed by atoms with Gasteiger partial charge in [-0.15, -0.1) is 10.2 Å². The number of allylic oxidation sites excluding steroid dienone is 3. The number of rotatable bonds is 6. The molecule has 0 spiro atoms. The fraction of sp³-hybridized carbons (Fsp3) is 0.348. The average molecular weight is 482 g/mol. The monoisotopic (exact) mass is 481 g/mol. The lowest BCUT2D eigenvalue weighted by Gasteiger charge is -2.38. The molecule has 1 aliphatic carbocycles. The van der Waals surface area contributed by atoms with Crippen LogP contribution in [0.1, 0.15) is 43.2 Å². The van der Waals surface area contributed by atoms with Crippen molar-refractivity contribution in [3.05, 3.63) is 58.1 Å². The van der Waals surface area contributed by atoms with Crippen LogP contribution in [0, 0.1) is 18.3 Å². The predicted molar refractivity (Wildman–Crippen MR) is 126 cm³/mol. The lowest BCUT2D eigenvalue weighted by molar-refractivity contribution is -0.139. The van der Waals surface area contributed by atoms with Gasteiger partial charge in [0.2, 0.25) is 5.13 Å². The van der Waals surface area contributed by atoms with E-state index in [0.717, 1.165) is 16.8 Å². The number of anilines is 1. The van der Waals surface area contributed by atoms with E-state index in [2.05, 4.69) is 16.3 Å². The van der Waals surface area contributed by atoms with Crippen LogP contribution in [-0.2, 0) is 14.3 Å².